The molecule has 0 aliphatic carbocycles. The summed E-state index contributed by atoms with van der Waals surface area (Å²) in [5.74, 6) is 1.67. The smallest absolute Gasteiger partial charge is 0.111 e. The molecule has 114 valence electrons. The van der Waals surface area contributed by atoms with E-state index in [1.54, 1.807) is 0 Å². The van der Waals surface area contributed by atoms with Gasteiger partial charge in [-0.05, 0) is 18.2 Å². The highest BCUT2D eigenvalue weighted by Gasteiger charge is 2.14. The molecule has 1 fully saturated rings. The van der Waals surface area contributed by atoms with Crippen LogP contribution in [0.25, 0.3) is 11.0 Å². The molecule has 0 unspecified atom stereocenters. The van der Waals surface area contributed by atoms with Gasteiger partial charge in [0.1, 0.15) is 5.82 Å². The van der Waals surface area contributed by atoms with Crippen LogP contribution in [0.3, 0.4) is 0 Å². The van der Waals surface area contributed by atoms with Crippen LogP contribution >= 0.6 is 27.5 Å². The van der Waals surface area contributed by atoms with Gasteiger partial charge in [0.15, 0.2) is 0 Å². The van der Waals surface area contributed by atoms with Gasteiger partial charge in [-0.25, -0.2) is 4.98 Å². The fourth-order valence-corrected chi connectivity index (χ4v) is 3.26. The lowest BCUT2D eigenvalue weighted by molar-refractivity contribution is 0.0364. The summed E-state index contributed by atoms with van der Waals surface area (Å²) in [5, 5.41) is 0. The minimum absolute atomic E-state index is 0.599. The molecular formula is C15H19BrClN3O. The molecule has 1 aromatic heterocycles. The number of halogens is 2. The highest BCUT2D eigenvalue weighted by molar-refractivity contribution is 9.10. The Morgan fingerprint density at radius 1 is 1.24 bits per heavy atom. The Bertz CT molecular complexity index is 610. The average Bonchev–Trinajstić information content (AvgIpc) is 2.83. The summed E-state index contributed by atoms with van der Waals surface area (Å²) in [7, 11) is 0. The van der Waals surface area contributed by atoms with Gasteiger partial charge in [-0.3, -0.25) is 4.90 Å². The molecule has 1 aliphatic heterocycles. The van der Waals surface area contributed by atoms with Crippen LogP contribution in [0.5, 0.6) is 0 Å². The van der Waals surface area contributed by atoms with Crippen LogP contribution < -0.4 is 0 Å². The molecule has 0 amide bonds. The number of hydrogen-bond donors (Lipinski definition) is 0. The number of ether oxygens (including phenoxy) is 1. The number of aromatic nitrogens is 2. The summed E-state index contributed by atoms with van der Waals surface area (Å²) >= 11 is 9.44. The molecule has 0 bridgehead atoms. The van der Waals surface area contributed by atoms with Crippen molar-refractivity contribution in [1.82, 2.24) is 14.5 Å². The largest absolute Gasteiger partial charge is 0.379 e. The molecule has 1 saturated heterocycles. The summed E-state index contributed by atoms with van der Waals surface area (Å²) < 4.78 is 8.76. The number of fused-ring (bicyclic) bond motifs is 1. The van der Waals surface area contributed by atoms with Crippen LogP contribution in [0.15, 0.2) is 22.7 Å². The van der Waals surface area contributed by atoms with Crippen molar-refractivity contribution >= 4 is 38.6 Å². The lowest BCUT2D eigenvalue weighted by Crippen LogP contribution is -2.38. The van der Waals surface area contributed by atoms with Crippen molar-refractivity contribution in [3.05, 3.63) is 28.5 Å². The van der Waals surface area contributed by atoms with Crippen molar-refractivity contribution in [3.63, 3.8) is 0 Å². The van der Waals surface area contributed by atoms with Gasteiger partial charge >= 0.3 is 0 Å². The van der Waals surface area contributed by atoms with Gasteiger partial charge in [0.2, 0.25) is 0 Å². The zero-order valence-corrected chi connectivity index (χ0v) is 14.2. The Hall–Kier alpha value is -0.620. The monoisotopic (exact) mass is 371 g/mol. The van der Waals surface area contributed by atoms with E-state index in [0.717, 1.165) is 61.6 Å². The van der Waals surface area contributed by atoms with Gasteiger partial charge in [0.25, 0.3) is 0 Å². The van der Waals surface area contributed by atoms with Crippen LogP contribution in [0, 0.1) is 0 Å². The minimum atomic E-state index is 0.599. The number of morpholine rings is 1. The Morgan fingerprint density at radius 2 is 2.05 bits per heavy atom. The highest BCUT2D eigenvalue weighted by Crippen LogP contribution is 2.21. The molecule has 0 spiro atoms. The van der Waals surface area contributed by atoms with Gasteiger partial charge in [0, 0.05) is 43.0 Å². The van der Waals surface area contributed by atoms with Crippen LogP contribution in [0.2, 0.25) is 0 Å². The molecule has 4 nitrogen and oxygen atoms in total. The molecule has 2 heterocycles. The van der Waals surface area contributed by atoms with E-state index in [0.29, 0.717) is 5.88 Å². The second kappa shape index (κ2) is 7.09. The summed E-state index contributed by atoms with van der Waals surface area (Å²) in [4.78, 5) is 7.18. The van der Waals surface area contributed by atoms with Gasteiger partial charge in [-0.2, -0.15) is 0 Å². The van der Waals surface area contributed by atoms with Gasteiger partial charge < -0.3 is 9.30 Å². The first kappa shape index (κ1) is 15.3. The first-order valence-electron chi connectivity index (χ1n) is 7.28. The Balaban J connectivity index is 1.82. The molecule has 6 heteroatoms. The first-order valence-corrected chi connectivity index (χ1v) is 8.61. The van der Waals surface area contributed by atoms with Crippen molar-refractivity contribution < 1.29 is 4.74 Å². The van der Waals surface area contributed by atoms with Crippen molar-refractivity contribution in [1.29, 1.82) is 0 Å². The Kier molecular flexibility index (Phi) is 5.16. The average molecular weight is 373 g/mol. The first-order chi connectivity index (χ1) is 10.3. The van der Waals surface area contributed by atoms with Gasteiger partial charge in [0.05, 0.1) is 24.2 Å². The predicted octanol–water partition coefficient (Wildman–Crippen LogP) is 2.91. The molecule has 3 rings (SSSR count). The maximum atomic E-state index is 5.93. The van der Waals surface area contributed by atoms with Crippen LogP contribution in [0.4, 0.5) is 0 Å². The third-order valence-corrected chi connectivity index (χ3v) is 4.53. The van der Waals surface area contributed by atoms with Crippen molar-refractivity contribution in [2.45, 2.75) is 13.0 Å². The van der Waals surface area contributed by atoms with E-state index in [2.05, 4.69) is 43.6 Å². The number of hydrogen-bond acceptors (Lipinski definition) is 3. The second-order valence-corrected chi connectivity index (χ2v) is 6.50. The van der Waals surface area contributed by atoms with E-state index in [1.807, 2.05) is 0 Å². The SMILES string of the molecule is ClCCc1nc2cc(Br)ccc2n1CCN1CCOCC1. The summed E-state index contributed by atoms with van der Waals surface area (Å²) in [6.07, 6.45) is 0.803. The number of benzene rings is 1. The molecule has 21 heavy (non-hydrogen) atoms. The second-order valence-electron chi connectivity index (χ2n) is 5.21. The lowest BCUT2D eigenvalue weighted by atomic mass is 10.3. The topological polar surface area (TPSA) is 30.3 Å². The zero-order valence-electron chi connectivity index (χ0n) is 11.9. The van der Waals surface area contributed by atoms with Gasteiger partial charge in [-0.15, -0.1) is 11.6 Å². The summed E-state index contributed by atoms with van der Waals surface area (Å²) in [6.45, 7) is 5.69. The molecular weight excluding hydrogens is 354 g/mol. The number of aryl methyl sites for hydroxylation is 1. The number of rotatable bonds is 5. The van der Waals surface area contributed by atoms with E-state index < -0.39 is 0 Å². The molecule has 1 aliphatic rings. The van der Waals surface area contributed by atoms with E-state index in [1.165, 1.54) is 5.52 Å². The number of alkyl halides is 1. The fourth-order valence-electron chi connectivity index (χ4n) is 2.74. The van der Waals surface area contributed by atoms with Gasteiger partial charge in [-0.1, -0.05) is 15.9 Å². The van der Waals surface area contributed by atoms with Crippen molar-refractivity contribution in [2.24, 2.45) is 0 Å². The molecule has 0 saturated carbocycles. The van der Waals surface area contributed by atoms with Crippen molar-refractivity contribution in [3.8, 4) is 0 Å². The third-order valence-electron chi connectivity index (χ3n) is 3.85. The third kappa shape index (κ3) is 3.59. The van der Waals surface area contributed by atoms with E-state index in [-0.39, 0.29) is 0 Å². The standard InChI is InChI=1S/C15H19BrClN3O/c16-12-1-2-14-13(11-12)18-15(3-4-17)20(14)6-5-19-7-9-21-10-8-19/h1-2,11H,3-10H2. The van der Waals surface area contributed by atoms with E-state index in [4.69, 9.17) is 21.3 Å². The van der Waals surface area contributed by atoms with E-state index >= 15 is 0 Å². The highest BCUT2D eigenvalue weighted by atomic mass is 79.9. The Morgan fingerprint density at radius 3 is 2.81 bits per heavy atom. The van der Waals surface area contributed by atoms with E-state index in [9.17, 15) is 0 Å². The van der Waals surface area contributed by atoms with Crippen LogP contribution in [0.1, 0.15) is 5.82 Å². The summed E-state index contributed by atoms with van der Waals surface area (Å²) in [6, 6.07) is 6.27. The van der Waals surface area contributed by atoms with Crippen LogP contribution in [-0.4, -0.2) is 53.2 Å². The molecule has 1 aromatic carbocycles. The maximum absolute atomic E-state index is 5.93. The molecule has 0 atom stereocenters. The fraction of sp³-hybridized carbons (Fsp3) is 0.533. The predicted molar refractivity (Wildman–Crippen MR) is 89.1 cm³/mol. The number of nitrogens with zero attached hydrogens (tertiary/aromatic N) is 3. The lowest BCUT2D eigenvalue weighted by Gasteiger charge is -2.27. The maximum Gasteiger partial charge on any atom is 0.111 e. The minimum Gasteiger partial charge on any atom is -0.379 e. The molecule has 2 aromatic rings. The van der Waals surface area contributed by atoms with Crippen molar-refractivity contribution in [2.75, 3.05) is 38.7 Å². The summed E-state index contributed by atoms with van der Waals surface area (Å²) in [5.41, 5.74) is 2.22. The zero-order chi connectivity index (χ0) is 14.7. The number of imidazole rings is 1. The quantitative estimate of drug-likeness (QED) is 0.756. The molecule has 0 radical (unpaired) electrons. The normalized spacial score (nSPS) is 16.7. The molecule has 0 N–H and O–H groups in total. The van der Waals surface area contributed by atoms with Crippen LogP contribution in [-0.2, 0) is 17.7 Å². The Labute approximate surface area is 138 Å².